The van der Waals surface area contributed by atoms with Crippen molar-refractivity contribution < 1.29 is 4.79 Å². The van der Waals surface area contributed by atoms with Gasteiger partial charge in [-0.05, 0) is 17.7 Å². The monoisotopic (exact) mass is 372 g/mol. The molecule has 4 aromatic rings. The maximum absolute atomic E-state index is 12.6. The molecule has 0 saturated heterocycles. The van der Waals surface area contributed by atoms with Crippen LogP contribution in [0.4, 0.5) is 0 Å². The first kappa shape index (κ1) is 17.5. The van der Waals surface area contributed by atoms with Gasteiger partial charge in [0.1, 0.15) is 18.3 Å². The van der Waals surface area contributed by atoms with E-state index in [1.807, 2.05) is 36.4 Å². The predicted octanol–water partition coefficient (Wildman–Crippen LogP) is 1.56. The van der Waals surface area contributed by atoms with Crippen molar-refractivity contribution in [3.63, 3.8) is 0 Å². The van der Waals surface area contributed by atoms with Gasteiger partial charge in [0, 0.05) is 30.7 Å². The standard InChI is InChI=1S/C20H16N6O2/c27-17(22-9-14-5-2-1-3-6-14)12-26-13-24-19-16(20(26)28)11-23-18(25-19)15-7-4-8-21-10-15/h1-8,10-11,13H,9,12H2,(H,22,27). The van der Waals surface area contributed by atoms with Crippen LogP contribution in [0.5, 0.6) is 0 Å². The van der Waals surface area contributed by atoms with E-state index in [2.05, 4.69) is 25.3 Å². The van der Waals surface area contributed by atoms with Crippen molar-refractivity contribution in [2.45, 2.75) is 13.1 Å². The molecule has 3 aromatic heterocycles. The second kappa shape index (κ2) is 7.75. The zero-order valence-corrected chi connectivity index (χ0v) is 14.8. The minimum absolute atomic E-state index is 0.126. The second-order valence-corrected chi connectivity index (χ2v) is 6.11. The lowest BCUT2D eigenvalue weighted by atomic mass is 10.2. The van der Waals surface area contributed by atoms with E-state index in [-0.39, 0.29) is 29.0 Å². The predicted molar refractivity (Wildman–Crippen MR) is 103 cm³/mol. The van der Waals surface area contributed by atoms with Crippen LogP contribution in [-0.4, -0.2) is 30.4 Å². The average molecular weight is 372 g/mol. The van der Waals surface area contributed by atoms with E-state index in [9.17, 15) is 9.59 Å². The van der Waals surface area contributed by atoms with E-state index >= 15 is 0 Å². The number of amides is 1. The van der Waals surface area contributed by atoms with E-state index < -0.39 is 0 Å². The van der Waals surface area contributed by atoms with Crippen molar-refractivity contribution in [1.29, 1.82) is 0 Å². The molecule has 0 bridgehead atoms. The fraction of sp³-hybridized carbons (Fsp3) is 0.100. The lowest BCUT2D eigenvalue weighted by molar-refractivity contribution is -0.121. The zero-order chi connectivity index (χ0) is 19.3. The van der Waals surface area contributed by atoms with Gasteiger partial charge in [0.05, 0.1) is 0 Å². The lowest BCUT2D eigenvalue weighted by Crippen LogP contribution is -2.32. The number of aromatic nitrogens is 5. The number of fused-ring (bicyclic) bond motifs is 1. The van der Waals surface area contributed by atoms with Crippen molar-refractivity contribution in [2.24, 2.45) is 0 Å². The highest BCUT2D eigenvalue weighted by atomic mass is 16.2. The van der Waals surface area contributed by atoms with Gasteiger partial charge >= 0.3 is 0 Å². The summed E-state index contributed by atoms with van der Waals surface area (Å²) in [6.45, 7) is 0.270. The summed E-state index contributed by atoms with van der Waals surface area (Å²) in [4.78, 5) is 41.6. The molecule has 0 unspecified atom stereocenters. The van der Waals surface area contributed by atoms with Crippen LogP contribution in [0.25, 0.3) is 22.4 Å². The third-order valence-electron chi connectivity index (χ3n) is 4.15. The van der Waals surface area contributed by atoms with E-state index in [4.69, 9.17) is 0 Å². The van der Waals surface area contributed by atoms with Crippen LogP contribution < -0.4 is 10.9 Å². The van der Waals surface area contributed by atoms with E-state index in [0.29, 0.717) is 12.4 Å². The molecule has 138 valence electrons. The van der Waals surface area contributed by atoms with Crippen molar-refractivity contribution >= 4 is 16.9 Å². The molecule has 0 aliphatic rings. The highest BCUT2D eigenvalue weighted by Crippen LogP contribution is 2.14. The fourth-order valence-corrected chi connectivity index (χ4v) is 2.71. The molecular formula is C20H16N6O2. The van der Waals surface area contributed by atoms with Gasteiger partial charge in [-0.3, -0.25) is 19.1 Å². The van der Waals surface area contributed by atoms with E-state index in [1.54, 1.807) is 18.5 Å². The average Bonchev–Trinajstić information content (AvgIpc) is 2.75. The van der Waals surface area contributed by atoms with E-state index in [0.717, 1.165) is 11.1 Å². The van der Waals surface area contributed by atoms with Crippen LogP contribution in [0.3, 0.4) is 0 Å². The van der Waals surface area contributed by atoms with E-state index in [1.165, 1.54) is 17.1 Å². The molecule has 0 fully saturated rings. The summed E-state index contributed by atoms with van der Waals surface area (Å²) >= 11 is 0. The Hall–Kier alpha value is -3.94. The first-order valence-corrected chi connectivity index (χ1v) is 8.64. The highest BCUT2D eigenvalue weighted by Gasteiger charge is 2.11. The van der Waals surface area contributed by atoms with Crippen LogP contribution in [-0.2, 0) is 17.9 Å². The summed E-state index contributed by atoms with van der Waals surface area (Å²) in [6.07, 6.45) is 6.05. The number of hydrogen-bond donors (Lipinski definition) is 1. The number of carbonyl (C=O) groups is 1. The van der Waals surface area contributed by atoms with Gasteiger partial charge in [0.25, 0.3) is 5.56 Å². The molecule has 4 rings (SSSR count). The van der Waals surface area contributed by atoms with Crippen LogP contribution in [0.1, 0.15) is 5.56 Å². The van der Waals surface area contributed by atoms with Crippen molar-refractivity contribution in [2.75, 3.05) is 0 Å². The molecule has 8 nitrogen and oxygen atoms in total. The van der Waals surface area contributed by atoms with Gasteiger partial charge in [-0.15, -0.1) is 0 Å². The van der Waals surface area contributed by atoms with Gasteiger partial charge in [0.2, 0.25) is 5.91 Å². The Bertz CT molecular complexity index is 1180. The minimum atomic E-state index is -0.363. The number of carbonyl (C=O) groups excluding carboxylic acids is 1. The summed E-state index contributed by atoms with van der Waals surface area (Å²) in [7, 11) is 0. The quantitative estimate of drug-likeness (QED) is 0.570. The van der Waals surface area contributed by atoms with Crippen LogP contribution >= 0.6 is 0 Å². The molecular weight excluding hydrogens is 356 g/mol. The third-order valence-corrected chi connectivity index (χ3v) is 4.15. The Kier molecular flexibility index (Phi) is 4.83. The highest BCUT2D eigenvalue weighted by molar-refractivity contribution is 5.77. The van der Waals surface area contributed by atoms with Gasteiger partial charge < -0.3 is 5.32 Å². The minimum Gasteiger partial charge on any atom is -0.350 e. The maximum Gasteiger partial charge on any atom is 0.264 e. The summed E-state index contributed by atoms with van der Waals surface area (Å²) < 4.78 is 1.25. The summed E-state index contributed by atoms with van der Waals surface area (Å²) in [5.74, 6) is 0.158. The molecule has 28 heavy (non-hydrogen) atoms. The smallest absolute Gasteiger partial charge is 0.264 e. The van der Waals surface area contributed by atoms with Gasteiger partial charge in [0.15, 0.2) is 11.5 Å². The Morgan fingerprint density at radius 3 is 2.68 bits per heavy atom. The number of hydrogen-bond acceptors (Lipinski definition) is 6. The van der Waals surface area contributed by atoms with Gasteiger partial charge in [-0.1, -0.05) is 30.3 Å². The Morgan fingerprint density at radius 2 is 1.89 bits per heavy atom. The molecule has 1 N–H and O–H groups in total. The summed E-state index contributed by atoms with van der Waals surface area (Å²) in [6, 6.07) is 13.2. The first-order valence-electron chi connectivity index (χ1n) is 8.64. The van der Waals surface area contributed by atoms with Crippen molar-refractivity contribution in [3.8, 4) is 11.4 Å². The summed E-state index contributed by atoms with van der Waals surface area (Å²) in [5, 5.41) is 3.04. The Morgan fingerprint density at radius 1 is 1.04 bits per heavy atom. The van der Waals surface area contributed by atoms with Gasteiger partial charge in [-0.25, -0.2) is 15.0 Å². The van der Waals surface area contributed by atoms with Crippen LogP contribution in [0.2, 0.25) is 0 Å². The number of nitrogens with one attached hydrogen (secondary N) is 1. The lowest BCUT2D eigenvalue weighted by Gasteiger charge is -2.08. The molecule has 8 heteroatoms. The number of rotatable bonds is 5. The molecule has 0 atom stereocenters. The molecule has 0 saturated carbocycles. The molecule has 1 amide bonds. The molecule has 0 aliphatic carbocycles. The Labute approximate surface area is 160 Å². The number of nitrogens with zero attached hydrogens (tertiary/aromatic N) is 5. The number of benzene rings is 1. The summed E-state index contributed by atoms with van der Waals surface area (Å²) in [5.41, 5.74) is 1.63. The molecule has 0 aliphatic heterocycles. The zero-order valence-electron chi connectivity index (χ0n) is 14.8. The number of pyridine rings is 1. The fourth-order valence-electron chi connectivity index (χ4n) is 2.71. The topological polar surface area (TPSA) is 103 Å². The molecule has 3 heterocycles. The van der Waals surface area contributed by atoms with Crippen LogP contribution in [0.15, 0.2) is 72.2 Å². The molecule has 1 aromatic carbocycles. The normalized spacial score (nSPS) is 10.7. The maximum atomic E-state index is 12.6. The van der Waals surface area contributed by atoms with Crippen LogP contribution in [0, 0.1) is 0 Å². The van der Waals surface area contributed by atoms with Gasteiger partial charge in [-0.2, -0.15) is 0 Å². The third kappa shape index (κ3) is 3.75. The Balaban J connectivity index is 1.53. The van der Waals surface area contributed by atoms with Crippen molar-refractivity contribution in [3.05, 3.63) is 83.3 Å². The van der Waals surface area contributed by atoms with Crippen molar-refractivity contribution in [1.82, 2.24) is 29.8 Å². The first-order chi connectivity index (χ1) is 13.7. The molecule has 0 radical (unpaired) electrons. The molecule has 0 spiro atoms. The largest absolute Gasteiger partial charge is 0.350 e. The second-order valence-electron chi connectivity index (χ2n) is 6.11. The SMILES string of the molecule is O=C(Cn1cnc2nc(-c3cccnc3)ncc2c1=O)NCc1ccccc1.